The molecule has 2 fully saturated rings. The fourth-order valence-corrected chi connectivity index (χ4v) is 4.25. The molecule has 0 spiro atoms. The molecule has 140 valence electrons. The molecule has 0 aromatic rings. The number of hydrogen-bond donors (Lipinski definition) is 2. The minimum absolute atomic E-state index is 0.0356. The molecule has 5 nitrogen and oxygen atoms in total. The first kappa shape index (κ1) is 19.7. The molecule has 2 heterocycles. The maximum atomic E-state index is 11.4. The van der Waals surface area contributed by atoms with Crippen LogP contribution >= 0.6 is 0 Å². The van der Waals surface area contributed by atoms with Gasteiger partial charge in [-0.2, -0.15) is 0 Å². The zero-order valence-corrected chi connectivity index (χ0v) is 16.3. The van der Waals surface area contributed by atoms with Crippen molar-refractivity contribution in [3.8, 4) is 0 Å². The van der Waals surface area contributed by atoms with Gasteiger partial charge in [-0.3, -0.25) is 4.79 Å². The van der Waals surface area contributed by atoms with E-state index in [-0.39, 0.29) is 11.4 Å². The highest BCUT2D eigenvalue weighted by molar-refractivity contribution is 5.73. The SMILES string of the molecule is CC(=O)NC1(C)CCN(C(C)CC(C)N2CCC(C)(O)CC2)CC1. The van der Waals surface area contributed by atoms with Crippen LogP contribution in [0.5, 0.6) is 0 Å². The summed E-state index contributed by atoms with van der Waals surface area (Å²) in [5.74, 6) is 0.0774. The smallest absolute Gasteiger partial charge is 0.217 e. The van der Waals surface area contributed by atoms with Gasteiger partial charge in [-0.15, -0.1) is 0 Å². The van der Waals surface area contributed by atoms with Gasteiger partial charge >= 0.3 is 0 Å². The minimum Gasteiger partial charge on any atom is -0.390 e. The quantitative estimate of drug-likeness (QED) is 0.804. The third kappa shape index (κ3) is 5.43. The summed E-state index contributed by atoms with van der Waals surface area (Å²) in [6.45, 7) is 14.5. The van der Waals surface area contributed by atoms with Crippen molar-refractivity contribution >= 4 is 5.91 Å². The molecule has 24 heavy (non-hydrogen) atoms. The van der Waals surface area contributed by atoms with Crippen LogP contribution in [-0.4, -0.2) is 70.2 Å². The summed E-state index contributed by atoms with van der Waals surface area (Å²) in [7, 11) is 0. The van der Waals surface area contributed by atoms with Crippen LogP contribution in [0.2, 0.25) is 0 Å². The highest BCUT2D eigenvalue weighted by Gasteiger charge is 2.34. The molecular weight excluding hydrogens is 302 g/mol. The molecule has 2 N–H and O–H groups in total. The summed E-state index contributed by atoms with van der Waals surface area (Å²) in [6, 6.07) is 1.11. The Balaban J connectivity index is 1.77. The van der Waals surface area contributed by atoms with E-state index in [4.69, 9.17) is 0 Å². The van der Waals surface area contributed by atoms with Gasteiger partial charge in [-0.1, -0.05) is 0 Å². The van der Waals surface area contributed by atoms with Gasteiger partial charge in [0.05, 0.1) is 5.60 Å². The maximum Gasteiger partial charge on any atom is 0.217 e. The molecule has 0 aromatic carbocycles. The zero-order chi connectivity index (χ0) is 18.0. The molecule has 2 aliphatic rings. The number of hydrogen-bond acceptors (Lipinski definition) is 4. The van der Waals surface area contributed by atoms with Gasteiger partial charge < -0.3 is 20.2 Å². The lowest BCUT2D eigenvalue weighted by Crippen LogP contribution is -2.55. The molecule has 0 saturated carbocycles. The fourth-order valence-electron chi connectivity index (χ4n) is 4.25. The Morgan fingerprint density at radius 3 is 1.83 bits per heavy atom. The van der Waals surface area contributed by atoms with Gasteiger partial charge in [-0.25, -0.2) is 0 Å². The number of likely N-dealkylation sites (tertiary alicyclic amines) is 2. The lowest BCUT2D eigenvalue weighted by atomic mass is 9.88. The van der Waals surface area contributed by atoms with Crippen molar-refractivity contribution in [2.75, 3.05) is 26.2 Å². The van der Waals surface area contributed by atoms with Crippen LogP contribution in [0, 0.1) is 0 Å². The Kier molecular flexibility index (Phi) is 6.32. The molecule has 2 rings (SSSR count). The second kappa shape index (κ2) is 7.71. The summed E-state index contributed by atoms with van der Waals surface area (Å²) < 4.78 is 0. The molecule has 2 saturated heterocycles. The van der Waals surface area contributed by atoms with E-state index < -0.39 is 5.60 Å². The van der Waals surface area contributed by atoms with Crippen molar-refractivity contribution in [2.24, 2.45) is 0 Å². The number of nitrogens with one attached hydrogen (secondary N) is 1. The molecule has 0 bridgehead atoms. The number of aliphatic hydroxyl groups is 1. The third-order valence-corrected chi connectivity index (χ3v) is 6.18. The first-order chi connectivity index (χ1) is 11.1. The van der Waals surface area contributed by atoms with Crippen LogP contribution < -0.4 is 5.32 Å². The minimum atomic E-state index is -0.469. The molecule has 5 heteroatoms. The van der Waals surface area contributed by atoms with Crippen LogP contribution in [0.1, 0.15) is 66.7 Å². The average Bonchev–Trinajstić information content (AvgIpc) is 2.46. The molecule has 2 unspecified atom stereocenters. The van der Waals surface area contributed by atoms with Gasteiger partial charge in [0.1, 0.15) is 0 Å². The number of piperidine rings is 2. The lowest BCUT2D eigenvalue weighted by Gasteiger charge is -2.44. The lowest BCUT2D eigenvalue weighted by molar-refractivity contribution is -0.121. The van der Waals surface area contributed by atoms with Crippen molar-refractivity contribution < 1.29 is 9.90 Å². The van der Waals surface area contributed by atoms with E-state index in [0.717, 1.165) is 51.9 Å². The maximum absolute atomic E-state index is 11.4. The monoisotopic (exact) mass is 339 g/mol. The van der Waals surface area contributed by atoms with E-state index in [1.54, 1.807) is 6.92 Å². The van der Waals surface area contributed by atoms with Crippen LogP contribution in [-0.2, 0) is 4.79 Å². The van der Waals surface area contributed by atoms with Crippen LogP contribution in [0.25, 0.3) is 0 Å². The molecule has 0 radical (unpaired) electrons. The number of amides is 1. The van der Waals surface area contributed by atoms with Gasteiger partial charge in [0.25, 0.3) is 0 Å². The van der Waals surface area contributed by atoms with Crippen LogP contribution in [0.4, 0.5) is 0 Å². The van der Waals surface area contributed by atoms with E-state index in [0.29, 0.717) is 12.1 Å². The number of rotatable bonds is 5. The van der Waals surface area contributed by atoms with E-state index in [9.17, 15) is 9.90 Å². The van der Waals surface area contributed by atoms with E-state index in [2.05, 4.69) is 35.9 Å². The van der Waals surface area contributed by atoms with Crippen molar-refractivity contribution in [2.45, 2.75) is 89.9 Å². The summed E-state index contributed by atoms with van der Waals surface area (Å²) in [5.41, 5.74) is -0.505. The second-order valence-electron chi connectivity index (χ2n) is 8.74. The average molecular weight is 340 g/mol. The van der Waals surface area contributed by atoms with Gasteiger partial charge in [-0.05, 0) is 59.8 Å². The number of carbonyl (C=O) groups excluding carboxylic acids is 1. The van der Waals surface area contributed by atoms with Crippen molar-refractivity contribution in [1.82, 2.24) is 15.1 Å². The Morgan fingerprint density at radius 1 is 1.00 bits per heavy atom. The van der Waals surface area contributed by atoms with Crippen molar-refractivity contribution in [1.29, 1.82) is 0 Å². The van der Waals surface area contributed by atoms with E-state index in [1.807, 2.05) is 6.92 Å². The topological polar surface area (TPSA) is 55.8 Å². The van der Waals surface area contributed by atoms with Gasteiger partial charge in [0, 0.05) is 50.7 Å². The third-order valence-electron chi connectivity index (χ3n) is 6.18. The highest BCUT2D eigenvalue weighted by Crippen LogP contribution is 2.27. The summed E-state index contributed by atoms with van der Waals surface area (Å²) in [5, 5.41) is 13.2. The van der Waals surface area contributed by atoms with E-state index >= 15 is 0 Å². The standard InChI is InChI=1S/C19H37N3O2/c1-15(14-16(2)22-12-8-19(5,24)9-13-22)21-10-6-18(4,7-11-21)20-17(3)23/h15-16,24H,6-14H2,1-5H3,(H,20,23). The summed E-state index contributed by atoms with van der Waals surface area (Å²) in [4.78, 5) is 16.4. The van der Waals surface area contributed by atoms with Crippen molar-refractivity contribution in [3.05, 3.63) is 0 Å². The molecule has 2 atom stereocenters. The van der Waals surface area contributed by atoms with E-state index in [1.165, 1.54) is 6.42 Å². The Morgan fingerprint density at radius 2 is 1.42 bits per heavy atom. The zero-order valence-electron chi connectivity index (χ0n) is 16.3. The highest BCUT2D eigenvalue weighted by atomic mass is 16.3. The molecule has 2 aliphatic heterocycles. The van der Waals surface area contributed by atoms with Gasteiger partial charge in [0.2, 0.25) is 5.91 Å². The Bertz CT molecular complexity index is 420. The molecule has 0 aromatic heterocycles. The normalized spacial score (nSPS) is 27.4. The summed E-state index contributed by atoms with van der Waals surface area (Å²) >= 11 is 0. The predicted octanol–water partition coefficient (Wildman–Crippen LogP) is 1.99. The van der Waals surface area contributed by atoms with Crippen LogP contribution in [0.3, 0.4) is 0 Å². The number of nitrogens with zero attached hydrogens (tertiary/aromatic N) is 2. The largest absolute Gasteiger partial charge is 0.390 e. The summed E-state index contributed by atoms with van der Waals surface area (Å²) in [6.07, 6.45) is 4.98. The molecule has 1 amide bonds. The fraction of sp³-hybridized carbons (Fsp3) is 0.947. The first-order valence-electron chi connectivity index (χ1n) is 9.59. The van der Waals surface area contributed by atoms with Gasteiger partial charge in [0.15, 0.2) is 0 Å². The Hall–Kier alpha value is -0.650. The predicted molar refractivity (Wildman–Crippen MR) is 98.0 cm³/mol. The molecule has 0 aliphatic carbocycles. The second-order valence-corrected chi connectivity index (χ2v) is 8.74. The Labute approximate surface area is 147 Å². The van der Waals surface area contributed by atoms with Crippen molar-refractivity contribution in [3.63, 3.8) is 0 Å². The number of carbonyl (C=O) groups is 1. The molecular formula is C19H37N3O2. The van der Waals surface area contributed by atoms with Crippen LogP contribution in [0.15, 0.2) is 0 Å². The first-order valence-corrected chi connectivity index (χ1v) is 9.59.